The molecule has 12 nitrogen and oxygen atoms in total. The van der Waals surface area contributed by atoms with E-state index in [1.54, 1.807) is 4.90 Å². The Morgan fingerprint density at radius 3 is 2.20 bits per heavy atom. The lowest BCUT2D eigenvalue weighted by Gasteiger charge is -2.39. The second kappa shape index (κ2) is 15.2. The fraction of sp³-hybridized carbons (Fsp3) is 0.394. The number of carbonyl (C=O) groups is 3. The largest absolute Gasteiger partial charge is 0.573 e. The molecule has 0 spiro atoms. The quantitative estimate of drug-likeness (QED) is 0.281. The number of piperazine rings is 1. The third kappa shape index (κ3) is 9.10. The summed E-state index contributed by atoms with van der Waals surface area (Å²) in [6.45, 7) is 1.39. The number of aromatic nitrogens is 1. The molecule has 3 aromatic rings. The Morgan fingerprint density at radius 2 is 1.57 bits per heavy atom. The van der Waals surface area contributed by atoms with Gasteiger partial charge in [-0.1, -0.05) is 31.2 Å². The van der Waals surface area contributed by atoms with Gasteiger partial charge in [0.1, 0.15) is 17.5 Å². The summed E-state index contributed by atoms with van der Waals surface area (Å²) >= 11 is 0. The van der Waals surface area contributed by atoms with Gasteiger partial charge in [0.15, 0.2) is 0 Å². The molecule has 2 N–H and O–H groups in total. The zero-order chi connectivity index (χ0) is 37.0. The van der Waals surface area contributed by atoms with Crippen LogP contribution in [0.3, 0.4) is 0 Å². The average molecular weight is 739 g/mol. The zero-order valence-corrected chi connectivity index (χ0v) is 28.1. The number of sulfonamides is 1. The zero-order valence-electron chi connectivity index (χ0n) is 27.3. The summed E-state index contributed by atoms with van der Waals surface area (Å²) in [6, 6.07) is 9.38. The van der Waals surface area contributed by atoms with E-state index in [1.165, 1.54) is 54.4 Å². The highest BCUT2D eigenvalue weighted by Gasteiger charge is 2.42. The van der Waals surface area contributed by atoms with Crippen LogP contribution in [0.25, 0.3) is 0 Å². The van der Waals surface area contributed by atoms with Gasteiger partial charge in [0, 0.05) is 63.1 Å². The summed E-state index contributed by atoms with van der Waals surface area (Å²) in [5, 5.41) is 5.26. The van der Waals surface area contributed by atoms with Gasteiger partial charge in [-0.2, -0.15) is 4.31 Å². The number of hydrogen-bond acceptors (Lipinski definition) is 7. The summed E-state index contributed by atoms with van der Waals surface area (Å²) < 4.78 is 98.3. The van der Waals surface area contributed by atoms with Crippen LogP contribution in [0.15, 0.2) is 71.8 Å². The number of nitrogens with one attached hydrogen (secondary N) is 2. The van der Waals surface area contributed by atoms with Crippen LogP contribution < -0.4 is 15.4 Å². The Bertz CT molecular complexity index is 1840. The van der Waals surface area contributed by atoms with E-state index in [9.17, 15) is 44.8 Å². The van der Waals surface area contributed by atoms with E-state index in [2.05, 4.69) is 20.4 Å². The molecule has 0 radical (unpaired) electrons. The summed E-state index contributed by atoms with van der Waals surface area (Å²) in [6.07, 6.45) is -2.29. The Labute approximate surface area is 290 Å². The molecule has 0 unspecified atom stereocenters. The van der Waals surface area contributed by atoms with Crippen molar-refractivity contribution in [1.82, 2.24) is 24.4 Å². The number of anilines is 1. The smallest absolute Gasteiger partial charge is 0.406 e. The van der Waals surface area contributed by atoms with E-state index in [0.717, 1.165) is 41.4 Å². The van der Waals surface area contributed by atoms with Crippen LogP contribution in [-0.4, -0.2) is 90.5 Å². The first-order chi connectivity index (χ1) is 24.1. The van der Waals surface area contributed by atoms with Crippen LogP contribution in [0.4, 0.5) is 32.4 Å². The topological polar surface area (TPSA) is 141 Å². The fourth-order valence-electron chi connectivity index (χ4n) is 5.69. The van der Waals surface area contributed by atoms with Gasteiger partial charge in [-0.25, -0.2) is 22.0 Å². The number of halogens is 5. The lowest BCUT2D eigenvalue weighted by Crippen LogP contribution is -2.61. The van der Waals surface area contributed by atoms with E-state index in [1.807, 2.05) is 0 Å². The molecule has 2 saturated heterocycles. The Morgan fingerprint density at radius 1 is 0.902 bits per heavy atom. The molecule has 2 aliphatic rings. The number of benzene rings is 2. The predicted molar refractivity (Wildman–Crippen MR) is 173 cm³/mol. The summed E-state index contributed by atoms with van der Waals surface area (Å²) in [7, 11) is -4.51. The molecule has 2 fully saturated rings. The van der Waals surface area contributed by atoms with Gasteiger partial charge in [0.25, 0.3) is 11.8 Å². The van der Waals surface area contributed by atoms with Crippen molar-refractivity contribution in [3.63, 3.8) is 0 Å². The second-order valence-electron chi connectivity index (χ2n) is 11.9. The molecule has 18 heteroatoms. The number of amides is 4. The van der Waals surface area contributed by atoms with Crippen LogP contribution in [0.2, 0.25) is 0 Å². The molecular formula is C33H35F5N6O6S. The number of urea groups is 1. The van der Waals surface area contributed by atoms with Crippen molar-refractivity contribution in [2.45, 2.75) is 56.0 Å². The lowest BCUT2D eigenvalue weighted by molar-refractivity contribution is -0.274. The fourth-order valence-corrected chi connectivity index (χ4v) is 7.26. The SMILES string of the molecule is CCC(F)(F)c1ccc(CNC(=O)[C@H]2CN(C(=O)Nc3ccnc(C(=O)N4CCCC4)c3)CCN2S(=O)(=O)c2ccc(OC(F)(F)F)cc2)cc1. The van der Waals surface area contributed by atoms with E-state index in [-0.39, 0.29) is 42.5 Å². The van der Waals surface area contributed by atoms with Gasteiger partial charge in [-0.3, -0.25) is 14.6 Å². The minimum absolute atomic E-state index is 0.126. The molecular weight excluding hydrogens is 703 g/mol. The molecule has 4 amide bonds. The molecule has 0 saturated carbocycles. The van der Waals surface area contributed by atoms with E-state index >= 15 is 0 Å². The van der Waals surface area contributed by atoms with Crippen molar-refractivity contribution >= 4 is 33.6 Å². The summed E-state index contributed by atoms with van der Waals surface area (Å²) in [5.74, 6) is -4.80. The number of alkyl halides is 5. The van der Waals surface area contributed by atoms with Gasteiger partial charge < -0.3 is 25.2 Å². The van der Waals surface area contributed by atoms with Crippen molar-refractivity contribution in [2.24, 2.45) is 0 Å². The minimum Gasteiger partial charge on any atom is -0.406 e. The number of rotatable bonds is 10. The highest BCUT2D eigenvalue weighted by Crippen LogP contribution is 2.31. The van der Waals surface area contributed by atoms with Crippen molar-refractivity contribution in [1.29, 1.82) is 0 Å². The summed E-state index contributed by atoms with van der Waals surface area (Å²) in [4.78, 5) is 46.4. The maximum absolute atomic E-state index is 14.1. The van der Waals surface area contributed by atoms with Crippen LogP contribution in [0.5, 0.6) is 5.75 Å². The van der Waals surface area contributed by atoms with E-state index < -0.39 is 63.9 Å². The Hall–Kier alpha value is -4.84. The molecule has 5 rings (SSSR count). The van der Waals surface area contributed by atoms with Crippen molar-refractivity contribution < 1.29 is 49.5 Å². The van der Waals surface area contributed by atoms with Crippen LogP contribution in [0, 0.1) is 0 Å². The summed E-state index contributed by atoms with van der Waals surface area (Å²) in [5.41, 5.74) is 0.600. The first-order valence-electron chi connectivity index (χ1n) is 16.0. The lowest BCUT2D eigenvalue weighted by atomic mass is 10.0. The Kier molecular flexibility index (Phi) is 11.1. The van der Waals surface area contributed by atoms with Gasteiger partial charge in [-0.05, 0) is 54.8 Å². The van der Waals surface area contributed by atoms with Crippen molar-refractivity contribution in [3.8, 4) is 5.75 Å². The van der Waals surface area contributed by atoms with Gasteiger partial charge in [0.2, 0.25) is 15.9 Å². The van der Waals surface area contributed by atoms with Gasteiger partial charge in [0.05, 0.1) is 4.90 Å². The molecule has 2 aliphatic heterocycles. The molecule has 274 valence electrons. The van der Waals surface area contributed by atoms with Gasteiger partial charge in [-0.15, -0.1) is 13.2 Å². The number of carbonyl (C=O) groups excluding carboxylic acids is 3. The van der Waals surface area contributed by atoms with E-state index in [0.29, 0.717) is 18.7 Å². The van der Waals surface area contributed by atoms with Crippen molar-refractivity contribution in [3.05, 3.63) is 83.7 Å². The number of likely N-dealkylation sites (tertiary alicyclic amines) is 1. The number of pyridine rings is 1. The van der Waals surface area contributed by atoms with E-state index in [4.69, 9.17) is 0 Å². The number of nitrogens with zero attached hydrogens (tertiary/aromatic N) is 4. The first kappa shape index (κ1) is 37.4. The first-order valence-corrected chi connectivity index (χ1v) is 17.5. The maximum Gasteiger partial charge on any atom is 0.573 e. The molecule has 2 aromatic carbocycles. The van der Waals surface area contributed by atoms with Crippen molar-refractivity contribution in [2.75, 3.05) is 38.0 Å². The number of ether oxygens (including phenoxy) is 1. The molecule has 3 heterocycles. The molecule has 51 heavy (non-hydrogen) atoms. The van der Waals surface area contributed by atoms with Crippen LogP contribution in [-0.2, 0) is 27.3 Å². The normalized spacial score (nSPS) is 17.3. The predicted octanol–water partition coefficient (Wildman–Crippen LogP) is 4.94. The Balaban J connectivity index is 1.34. The average Bonchev–Trinajstić information content (AvgIpc) is 3.65. The minimum atomic E-state index is -5.00. The highest BCUT2D eigenvalue weighted by molar-refractivity contribution is 7.89. The molecule has 0 bridgehead atoms. The van der Waals surface area contributed by atoms with Crippen LogP contribution in [0.1, 0.15) is 47.8 Å². The molecule has 0 aliphatic carbocycles. The highest BCUT2D eigenvalue weighted by atomic mass is 32.2. The van der Waals surface area contributed by atoms with Crippen LogP contribution >= 0.6 is 0 Å². The molecule has 1 aromatic heterocycles. The third-order valence-corrected chi connectivity index (χ3v) is 10.4. The standard InChI is InChI=1S/C33H35F5N6O6S/c1-2-32(34,35)23-7-5-22(6-8-23)20-40-29(45)28-21-43(31(47)41-24-13-14-39-27(19-24)30(46)42-15-3-4-16-42)17-18-44(28)51(48,49)26-11-9-25(10-12-26)50-33(36,37)38/h5-14,19,28H,2-4,15-18,20-21H2,1H3,(H,40,45)(H,39,41,47)/t28-/m1/s1. The second-order valence-corrected chi connectivity index (χ2v) is 13.8. The monoisotopic (exact) mass is 738 g/mol. The number of hydrogen-bond donors (Lipinski definition) is 2. The third-order valence-electron chi connectivity index (χ3n) is 8.50. The van der Waals surface area contributed by atoms with Gasteiger partial charge >= 0.3 is 12.4 Å². The molecule has 1 atom stereocenters. The maximum atomic E-state index is 14.1.